The Morgan fingerprint density at radius 3 is 3.08 bits per heavy atom. The highest BCUT2D eigenvalue weighted by Gasteiger charge is 2.18. The highest BCUT2D eigenvalue weighted by atomic mass is 16.2. The molecule has 6 nitrogen and oxygen atoms in total. The molecule has 1 saturated heterocycles. The average Bonchev–Trinajstić information content (AvgIpc) is 2.74. The van der Waals surface area contributed by atoms with Crippen LogP contribution in [-0.2, 0) is 4.79 Å². The number of piperidine rings is 1. The lowest BCUT2D eigenvalue weighted by Gasteiger charge is -2.22. The maximum Gasteiger partial charge on any atom is 0.251 e. The fourth-order valence-corrected chi connectivity index (χ4v) is 3.37. The third-order valence-electron chi connectivity index (χ3n) is 4.86. The minimum absolute atomic E-state index is 0.0112. The van der Waals surface area contributed by atoms with E-state index >= 15 is 0 Å². The monoisotopic (exact) mass is 330 g/mol. The molecule has 0 spiro atoms. The van der Waals surface area contributed by atoms with Crippen LogP contribution in [0.4, 0.5) is 11.4 Å². The maximum atomic E-state index is 12.4. The largest absolute Gasteiger partial charge is 0.372 e. The molecule has 0 aromatic heterocycles. The number of fused-ring (bicyclic) bond motifs is 1. The summed E-state index contributed by atoms with van der Waals surface area (Å²) in [5, 5.41) is 9.28. The van der Waals surface area contributed by atoms with E-state index < -0.39 is 0 Å². The Bertz CT molecular complexity index is 611. The van der Waals surface area contributed by atoms with Crippen molar-refractivity contribution in [2.75, 3.05) is 43.4 Å². The fraction of sp³-hybridized carbons (Fsp3) is 0.556. The van der Waals surface area contributed by atoms with E-state index in [9.17, 15) is 9.59 Å². The zero-order chi connectivity index (χ0) is 16.9. The summed E-state index contributed by atoms with van der Waals surface area (Å²) in [6, 6.07) is 5.50. The summed E-state index contributed by atoms with van der Waals surface area (Å²) in [7, 11) is 1.96. The van der Waals surface area contributed by atoms with Gasteiger partial charge >= 0.3 is 0 Å². The summed E-state index contributed by atoms with van der Waals surface area (Å²) in [5.74, 6) is 0.560. The molecular formula is C18H26N4O2. The molecule has 3 rings (SSSR count). The van der Waals surface area contributed by atoms with E-state index in [4.69, 9.17) is 0 Å². The molecule has 0 aliphatic carbocycles. The van der Waals surface area contributed by atoms with E-state index in [1.54, 1.807) is 6.07 Å². The highest BCUT2D eigenvalue weighted by molar-refractivity contribution is 6.00. The number of rotatable bonds is 4. The summed E-state index contributed by atoms with van der Waals surface area (Å²) in [5.41, 5.74) is 2.25. The van der Waals surface area contributed by atoms with Gasteiger partial charge in [-0.05, 0) is 56.5 Å². The lowest BCUT2D eigenvalue weighted by molar-refractivity contribution is -0.115. The van der Waals surface area contributed by atoms with Crippen molar-refractivity contribution in [1.82, 2.24) is 10.6 Å². The molecule has 0 radical (unpaired) electrons. The van der Waals surface area contributed by atoms with Crippen molar-refractivity contribution in [3.8, 4) is 0 Å². The van der Waals surface area contributed by atoms with Crippen LogP contribution in [0.15, 0.2) is 18.2 Å². The predicted octanol–water partition coefficient (Wildman–Crippen LogP) is 1.58. The fourth-order valence-electron chi connectivity index (χ4n) is 3.37. The SMILES string of the molecule is CN1CCC(=O)Nc2cc(C(=O)NCCC3CCCNC3)ccc21. The number of carbonyl (C=O) groups is 2. The molecule has 1 unspecified atom stereocenters. The van der Waals surface area contributed by atoms with Crippen LogP contribution >= 0.6 is 0 Å². The molecule has 0 bridgehead atoms. The van der Waals surface area contributed by atoms with E-state index in [1.165, 1.54) is 12.8 Å². The van der Waals surface area contributed by atoms with Gasteiger partial charge in [-0.25, -0.2) is 0 Å². The Labute approximate surface area is 143 Å². The lowest BCUT2D eigenvalue weighted by Crippen LogP contribution is -2.33. The number of benzene rings is 1. The maximum absolute atomic E-state index is 12.4. The topological polar surface area (TPSA) is 73.5 Å². The molecule has 2 amide bonds. The molecule has 130 valence electrons. The molecule has 3 N–H and O–H groups in total. The lowest BCUT2D eigenvalue weighted by atomic mass is 9.96. The van der Waals surface area contributed by atoms with Crippen molar-refractivity contribution < 1.29 is 9.59 Å². The van der Waals surface area contributed by atoms with Gasteiger partial charge in [0.25, 0.3) is 5.91 Å². The summed E-state index contributed by atoms with van der Waals surface area (Å²) < 4.78 is 0. The van der Waals surface area contributed by atoms with Crippen LogP contribution < -0.4 is 20.9 Å². The standard InChI is InChI=1S/C18H26N4O2/c1-22-10-7-17(23)21-15-11-14(4-5-16(15)22)18(24)20-9-6-13-3-2-8-19-12-13/h4-5,11,13,19H,2-3,6-10,12H2,1H3,(H,20,24)(H,21,23). The van der Waals surface area contributed by atoms with Crippen LogP contribution in [0, 0.1) is 5.92 Å². The van der Waals surface area contributed by atoms with Crippen molar-refractivity contribution in [2.24, 2.45) is 5.92 Å². The van der Waals surface area contributed by atoms with Gasteiger partial charge in [-0.1, -0.05) is 0 Å². The van der Waals surface area contributed by atoms with Gasteiger partial charge < -0.3 is 20.9 Å². The van der Waals surface area contributed by atoms with Crippen LogP contribution in [-0.4, -0.2) is 45.0 Å². The Morgan fingerprint density at radius 1 is 1.42 bits per heavy atom. The number of nitrogens with one attached hydrogen (secondary N) is 3. The Morgan fingerprint density at radius 2 is 2.29 bits per heavy atom. The van der Waals surface area contributed by atoms with Crippen molar-refractivity contribution in [1.29, 1.82) is 0 Å². The van der Waals surface area contributed by atoms with Crippen LogP contribution in [0.1, 0.15) is 36.0 Å². The van der Waals surface area contributed by atoms with Crippen molar-refractivity contribution >= 4 is 23.2 Å². The Kier molecular flexibility index (Phi) is 5.35. The van der Waals surface area contributed by atoms with Crippen LogP contribution in [0.25, 0.3) is 0 Å². The average molecular weight is 330 g/mol. The van der Waals surface area contributed by atoms with E-state index in [1.807, 2.05) is 24.1 Å². The normalized spacial score (nSPS) is 20.8. The van der Waals surface area contributed by atoms with Crippen molar-refractivity contribution in [2.45, 2.75) is 25.7 Å². The first-order chi connectivity index (χ1) is 11.6. The van der Waals surface area contributed by atoms with Gasteiger partial charge in [0.15, 0.2) is 0 Å². The summed E-state index contributed by atoms with van der Waals surface area (Å²) >= 11 is 0. The molecule has 1 fully saturated rings. The number of amides is 2. The van der Waals surface area contributed by atoms with Crippen LogP contribution in [0.2, 0.25) is 0 Å². The number of hydrogen-bond acceptors (Lipinski definition) is 4. The van der Waals surface area contributed by atoms with Gasteiger partial charge in [-0.2, -0.15) is 0 Å². The molecule has 2 aliphatic rings. The molecule has 24 heavy (non-hydrogen) atoms. The molecule has 1 aromatic carbocycles. The first-order valence-corrected chi connectivity index (χ1v) is 8.77. The first kappa shape index (κ1) is 16.8. The number of carbonyl (C=O) groups excluding carboxylic acids is 2. The van der Waals surface area contributed by atoms with Crippen LogP contribution in [0.3, 0.4) is 0 Å². The van der Waals surface area contributed by atoms with E-state index in [-0.39, 0.29) is 11.8 Å². The van der Waals surface area contributed by atoms with Crippen molar-refractivity contribution in [3.05, 3.63) is 23.8 Å². The highest BCUT2D eigenvalue weighted by Crippen LogP contribution is 2.28. The van der Waals surface area contributed by atoms with Gasteiger partial charge in [0.05, 0.1) is 11.4 Å². The van der Waals surface area contributed by atoms with Crippen molar-refractivity contribution in [3.63, 3.8) is 0 Å². The minimum atomic E-state index is -0.0808. The zero-order valence-corrected chi connectivity index (χ0v) is 14.2. The second-order valence-electron chi connectivity index (χ2n) is 6.71. The van der Waals surface area contributed by atoms with E-state index in [0.717, 1.165) is 25.2 Å². The Balaban J connectivity index is 1.59. The molecular weight excluding hydrogens is 304 g/mol. The molecule has 1 aromatic rings. The minimum Gasteiger partial charge on any atom is -0.372 e. The number of anilines is 2. The number of hydrogen-bond donors (Lipinski definition) is 3. The molecule has 0 saturated carbocycles. The summed E-state index contributed by atoms with van der Waals surface area (Å²) in [6.07, 6.45) is 3.92. The molecule has 2 heterocycles. The summed E-state index contributed by atoms with van der Waals surface area (Å²) in [6.45, 7) is 3.53. The van der Waals surface area contributed by atoms with E-state index in [2.05, 4.69) is 16.0 Å². The van der Waals surface area contributed by atoms with Gasteiger partial charge in [-0.15, -0.1) is 0 Å². The first-order valence-electron chi connectivity index (χ1n) is 8.77. The third kappa shape index (κ3) is 4.06. The molecule has 2 aliphatic heterocycles. The van der Waals surface area contributed by atoms with Crippen LogP contribution in [0.5, 0.6) is 0 Å². The molecule has 1 atom stereocenters. The third-order valence-corrected chi connectivity index (χ3v) is 4.86. The second-order valence-corrected chi connectivity index (χ2v) is 6.71. The quantitative estimate of drug-likeness (QED) is 0.784. The molecule has 6 heteroatoms. The number of nitrogens with zero attached hydrogens (tertiary/aromatic N) is 1. The second kappa shape index (κ2) is 7.66. The predicted molar refractivity (Wildman–Crippen MR) is 95.5 cm³/mol. The smallest absolute Gasteiger partial charge is 0.251 e. The summed E-state index contributed by atoms with van der Waals surface area (Å²) in [4.78, 5) is 26.2. The van der Waals surface area contributed by atoms with E-state index in [0.29, 0.717) is 36.7 Å². The van der Waals surface area contributed by atoms with Gasteiger partial charge in [0.1, 0.15) is 0 Å². The zero-order valence-electron chi connectivity index (χ0n) is 14.2. The van der Waals surface area contributed by atoms with Gasteiger partial charge in [0, 0.05) is 32.1 Å². The van der Waals surface area contributed by atoms with Gasteiger partial charge in [-0.3, -0.25) is 9.59 Å². The van der Waals surface area contributed by atoms with Gasteiger partial charge in [0.2, 0.25) is 5.91 Å². The Hall–Kier alpha value is -2.08.